The maximum Gasteiger partial charge on any atom is 0.226 e. The highest BCUT2D eigenvalue weighted by atomic mass is 35.5. The van der Waals surface area contributed by atoms with E-state index in [0.29, 0.717) is 31.0 Å². The van der Waals surface area contributed by atoms with Crippen LogP contribution < -0.4 is 4.90 Å². The summed E-state index contributed by atoms with van der Waals surface area (Å²) in [6, 6.07) is 2.20. The molecule has 0 bridgehead atoms. The zero-order valence-corrected chi connectivity index (χ0v) is 12.5. The first kappa shape index (κ1) is 14.1. The largest absolute Gasteiger partial charge is 0.352 e. The minimum Gasteiger partial charge on any atom is -0.352 e. The molecule has 2 fully saturated rings. The number of piperazine rings is 1. The van der Waals surface area contributed by atoms with Gasteiger partial charge >= 0.3 is 0 Å². The molecule has 6 nitrogen and oxygen atoms in total. The average Bonchev–Trinajstić information content (AvgIpc) is 3.31. The molecule has 1 amide bonds. The van der Waals surface area contributed by atoms with E-state index in [1.54, 1.807) is 0 Å². The standard InChI is InChI=1S/C14H16ClN5O/c1-9-8-19(4-5-20(9)13(21)10-2-3-10)12-11(6-16)7-17-14(15)18-12/h7,9-10H,2-5,8H2,1H3. The number of anilines is 1. The van der Waals surface area contributed by atoms with Gasteiger partial charge in [0.15, 0.2) is 5.82 Å². The Morgan fingerprint density at radius 3 is 2.86 bits per heavy atom. The first-order valence-corrected chi connectivity index (χ1v) is 7.46. The quantitative estimate of drug-likeness (QED) is 0.773. The van der Waals surface area contributed by atoms with Gasteiger partial charge < -0.3 is 9.80 Å². The lowest BCUT2D eigenvalue weighted by Crippen LogP contribution is -2.54. The lowest BCUT2D eigenvalue weighted by molar-refractivity contribution is -0.134. The molecule has 3 rings (SSSR count). The number of nitriles is 1. The number of rotatable bonds is 2. The van der Waals surface area contributed by atoms with Gasteiger partial charge in [0.05, 0.1) is 6.20 Å². The van der Waals surface area contributed by atoms with Crippen molar-refractivity contribution >= 4 is 23.3 Å². The molecule has 21 heavy (non-hydrogen) atoms. The predicted molar refractivity (Wildman–Crippen MR) is 77.9 cm³/mol. The fourth-order valence-electron chi connectivity index (χ4n) is 2.71. The molecule has 0 aromatic carbocycles. The van der Waals surface area contributed by atoms with E-state index in [-0.39, 0.29) is 23.2 Å². The van der Waals surface area contributed by atoms with E-state index in [9.17, 15) is 4.79 Å². The van der Waals surface area contributed by atoms with Gasteiger partial charge in [-0.3, -0.25) is 4.79 Å². The molecule has 1 aliphatic heterocycles. The van der Waals surface area contributed by atoms with Crippen molar-refractivity contribution < 1.29 is 4.79 Å². The molecule has 2 aliphatic rings. The van der Waals surface area contributed by atoms with Gasteiger partial charge in [0, 0.05) is 31.6 Å². The molecule has 1 saturated heterocycles. The number of carbonyl (C=O) groups is 1. The SMILES string of the molecule is CC1CN(c2nc(Cl)ncc2C#N)CCN1C(=O)C1CC1. The number of hydrogen-bond donors (Lipinski definition) is 0. The van der Waals surface area contributed by atoms with Crippen LogP contribution >= 0.6 is 11.6 Å². The Morgan fingerprint density at radius 1 is 1.48 bits per heavy atom. The highest BCUT2D eigenvalue weighted by Gasteiger charge is 2.37. The van der Waals surface area contributed by atoms with Gasteiger partial charge in [0.2, 0.25) is 11.2 Å². The van der Waals surface area contributed by atoms with Crippen molar-refractivity contribution in [3.8, 4) is 6.07 Å². The molecule has 1 aromatic heterocycles. The summed E-state index contributed by atoms with van der Waals surface area (Å²) in [6.45, 7) is 4.00. The zero-order valence-electron chi connectivity index (χ0n) is 11.8. The van der Waals surface area contributed by atoms with Crippen molar-refractivity contribution in [1.29, 1.82) is 5.26 Å². The van der Waals surface area contributed by atoms with E-state index in [0.717, 1.165) is 12.8 Å². The van der Waals surface area contributed by atoms with Gasteiger partial charge in [-0.15, -0.1) is 0 Å². The highest BCUT2D eigenvalue weighted by Crippen LogP contribution is 2.32. The second-order valence-corrected chi connectivity index (χ2v) is 5.93. The Balaban J connectivity index is 1.76. The highest BCUT2D eigenvalue weighted by molar-refractivity contribution is 6.28. The van der Waals surface area contributed by atoms with Crippen molar-refractivity contribution in [1.82, 2.24) is 14.9 Å². The van der Waals surface area contributed by atoms with Crippen LogP contribution in [0.25, 0.3) is 0 Å². The van der Waals surface area contributed by atoms with Crippen LogP contribution in [0.4, 0.5) is 5.82 Å². The zero-order chi connectivity index (χ0) is 15.0. The van der Waals surface area contributed by atoms with E-state index in [1.165, 1.54) is 6.20 Å². The van der Waals surface area contributed by atoms with E-state index in [1.807, 2.05) is 16.7 Å². The van der Waals surface area contributed by atoms with Gasteiger partial charge in [0.25, 0.3) is 0 Å². The van der Waals surface area contributed by atoms with Crippen LogP contribution in [0.5, 0.6) is 0 Å². The molecule has 1 atom stereocenters. The molecule has 0 radical (unpaired) electrons. The summed E-state index contributed by atoms with van der Waals surface area (Å²) in [5.41, 5.74) is 0.411. The molecule has 7 heteroatoms. The Morgan fingerprint density at radius 2 is 2.24 bits per heavy atom. The Labute approximate surface area is 128 Å². The van der Waals surface area contributed by atoms with Crippen LogP contribution in [0, 0.1) is 17.2 Å². The lowest BCUT2D eigenvalue weighted by atomic mass is 10.1. The van der Waals surface area contributed by atoms with Crippen LogP contribution in [0.15, 0.2) is 6.20 Å². The minimum absolute atomic E-state index is 0.104. The summed E-state index contributed by atoms with van der Waals surface area (Å²) in [6.07, 6.45) is 3.48. The summed E-state index contributed by atoms with van der Waals surface area (Å²) in [5.74, 6) is 1.06. The second kappa shape index (κ2) is 5.49. The third-order valence-corrected chi connectivity index (χ3v) is 4.18. The molecule has 1 aromatic rings. The molecule has 110 valence electrons. The summed E-state index contributed by atoms with van der Waals surface area (Å²) < 4.78 is 0. The predicted octanol–water partition coefficient (Wildman–Crippen LogP) is 1.45. The van der Waals surface area contributed by atoms with Crippen molar-refractivity contribution in [2.75, 3.05) is 24.5 Å². The Kier molecular flexibility index (Phi) is 3.68. The fourth-order valence-corrected chi connectivity index (χ4v) is 2.84. The van der Waals surface area contributed by atoms with Crippen molar-refractivity contribution in [3.05, 3.63) is 17.0 Å². The summed E-state index contributed by atoms with van der Waals surface area (Å²) in [7, 11) is 0. The number of aromatic nitrogens is 2. The van der Waals surface area contributed by atoms with E-state index in [4.69, 9.17) is 16.9 Å². The van der Waals surface area contributed by atoms with Crippen LogP contribution in [0.3, 0.4) is 0 Å². The van der Waals surface area contributed by atoms with Gasteiger partial charge in [-0.1, -0.05) is 0 Å². The summed E-state index contributed by atoms with van der Waals surface area (Å²) in [5, 5.41) is 9.30. The van der Waals surface area contributed by atoms with E-state index < -0.39 is 0 Å². The summed E-state index contributed by atoms with van der Waals surface area (Å²) >= 11 is 5.84. The Bertz CT molecular complexity index is 610. The Hall–Kier alpha value is -1.87. The van der Waals surface area contributed by atoms with Crippen molar-refractivity contribution in [3.63, 3.8) is 0 Å². The first-order valence-electron chi connectivity index (χ1n) is 7.08. The van der Waals surface area contributed by atoms with E-state index in [2.05, 4.69) is 16.0 Å². The third kappa shape index (κ3) is 2.79. The lowest BCUT2D eigenvalue weighted by Gasteiger charge is -2.40. The average molecular weight is 306 g/mol. The van der Waals surface area contributed by atoms with Crippen molar-refractivity contribution in [2.45, 2.75) is 25.8 Å². The molecular formula is C14H16ClN5O. The topological polar surface area (TPSA) is 73.1 Å². The van der Waals surface area contributed by atoms with E-state index >= 15 is 0 Å². The third-order valence-electron chi connectivity index (χ3n) is 4.00. The van der Waals surface area contributed by atoms with Gasteiger partial charge in [-0.2, -0.15) is 10.2 Å². The maximum atomic E-state index is 12.2. The molecule has 1 saturated carbocycles. The van der Waals surface area contributed by atoms with Crippen LogP contribution in [-0.4, -0.2) is 46.5 Å². The number of carbonyl (C=O) groups excluding carboxylic acids is 1. The maximum absolute atomic E-state index is 12.2. The molecule has 1 unspecified atom stereocenters. The van der Waals surface area contributed by atoms with Crippen molar-refractivity contribution in [2.24, 2.45) is 5.92 Å². The first-order chi connectivity index (χ1) is 10.1. The minimum atomic E-state index is 0.104. The number of hydrogen-bond acceptors (Lipinski definition) is 5. The van der Waals surface area contributed by atoms with Crippen LogP contribution in [0.1, 0.15) is 25.3 Å². The van der Waals surface area contributed by atoms with Gasteiger partial charge in [-0.05, 0) is 31.4 Å². The fraction of sp³-hybridized carbons (Fsp3) is 0.571. The molecule has 1 aliphatic carbocycles. The molecular weight excluding hydrogens is 290 g/mol. The monoisotopic (exact) mass is 305 g/mol. The molecule has 0 N–H and O–H groups in total. The molecule has 2 heterocycles. The number of nitrogens with zero attached hydrogens (tertiary/aromatic N) is 5. The second-order valence-electron chi connectivity index (χ2n) is 5.59. The van der Waals surface area contributed by atoms with Gasteiger partial charge in [0.1, 0.15) is 11.6 Å². The molecule has 0 spiro atoms. The van der Waals surface area contributed by atoms with Gasteiger partial charge in [-0.25, -0.2) is 4.98 Å². The number of amides is 1. The summed E-state index contributed by atoms with van der Waals surface area (Å²) in [4.78, 5) is 24.2. The van der Waals surface area contributed by atoms with Crippen LogP contribution in [0.2, 0.25) is 5.28 Å². The normalized spacial score (nSPS) is 22.0. The van der Waals surface area contributed by atoms with Crippen LogP contribution in [-0.2, 0) is 4.79 Å². The smallest absolute Gasteiger partial charge is 0.226 e. The number of halogens is 1.